The molecule has 0 radical (unpaired) electrons. The van der Waals surface area contributed by atoms with Crippen molar-refractivity contribution >= 4 is 22.4 Å². The van der Waals surface area contributed by atoms with E-state index in [0.29, 0.717) is 24.2 Å². The summed E-state index contributed by atoms with van der Waals surface area (Å²) in [4.78, 5) is 3.36. The number of rotatable bonds is 3. The van der Waals surface area contributed by atoms with Gasteiger partial charge >= 0.3 is 6.18 Å². The number of alkyl halides is 3. The lowest BCUT2D eigenvalue weighted by Gasteiger charge is -2.35. The largest absolute Gasteiger partial charge is 0.419 e. The fourth-order valence-electron chi connectivity index (χ4n) is 2.85. The first-order valence-electron chi connectivity index (χ1n) is 7.70. The molecule has 1 aromatic carbocycles. The number of nitrogens with one attached hydrogen (secondary N) is 1. The van der Waals surface area contributed by atoms with Crippen LogP contribution in [0.5, 0.6) is 0 Å². The van der Waals surface area contributed by atoms with Crippen LogP contribution in [0, 0.1) is 5.82 Å². The third-order valence-electron chi connectivity index (χ3n) is 4.11. The maximum Gasteiger partial charge on any atom is 0.419 e. The average molecular weight is 426 g/mol. The monoisotopic (exact) mass is 425 g/mol. The number of aromatic nitrogens is 1. The molecule has 0 amide bonds. The van der Waals surface area contributed by atoms with Crippen molar-refractivity contribution in [3.63, 3.8) is 0 Å². The van der Waals surface area contributed by atoms with E-state index in [9.17, 15) is 26.0 Å². The third-order valence-corrected chi connectivity index (χ3v) is 6.02. The summed E-state index contributed by atoms with van der Waals surface area (Å²) < 4.78 is 79.3. The van der Waals surface area contributed by atoms with Crippen molar-refractivity contribution in [1.82, 2.24) is 14.6 Å². The lowest BCUT2D eigenvalue weighted by molar-refractivity contribution is -0.140. The number of nitrogens with zero attached hydrogens (tertiary/aromatic N) is 2. The van der Waals surface area contributed by atoms with Crippen LogP contribution in [-0.2, 0) is 16.2 Å². The van der Waals surface area contributed by atoms with Crippen LogP contribution < -0.4 is 5.32 Å². The van der Waals surface area contributed by atoms with Crippen LogP contribution in [-0.4, -0.2) is 37.3 Å². The molecule has 0 bridgehead atoms. The Morgan fingerprint density at radius 2 is 1.96 bits per heavy atom. The average Bonchev–Trinajstić information content (AvgIpc) is 2.61. The summed E-state index contributed by atoms with van der Waals surface area (Å²) in [7, 11) is -4.26. The first-order chi connectivity index (χ1) is 12.2. The number of benzene rings is 1. The molecule has 2 heterocycles. The molecule has 1 unspecified atom stereocenters. The molecule has 1 N–H and O–H groups in total. The van der Waals surface area contributed by atoms with Crippen molar-refractivity contribution < 1.29 is 26.0 Å². The van der Waals surface area contributed by atoms with Gasteiger partial charge in [0.05, 0.1) is 16.5 Å². The zero-order chi connectivity index (χ0) is 18.9. The molecule has 0 aliphatic carbocycles. The van der Waals surface area contributed by atoms with Crippen molar-refractivity contribution in [3.05, 3.63) is 59.7 Å². The van der Waals surface area contributed by atoms with Crippen molar-refractivity contribution in [2.45, 2.75) is 17.1 Å². The highest BCUT2D eigenvalue weighted by Crippen LogP contribution is 2.35. The van der Waals surface area contributed by atoms with Gasteiger partial charge in [0.25, 0.3) is 0 Å². The number of pyridine rings is 1. The van der Waals surface area contributed by atoms with Gasteiger partial charge in [0.1, 0.15) is 5.82 Å². The number of sulfonamides is 1. The molecular weight excluding hydrogens is 410 g/mol. The van der Waals surface area contributed by atoms with E-state index < -0.39 is 38.5 Å². The molecule has 1 saturated heterocycles. The highest BCUT2D eigenvalue weighted by molar-refractivity contribution is 7.89. The summed E-state index contributed by atoms with van der Waals surface area (Å²) in [5, 5.41) is 3.06. The van der Waals surface area contributed by atoms with Gasteiger partial charge in [-0.3, -0.25) is 4.98 Å². The molecule has 0 saturated carbocycles. The van der Waals surface area contributed by atoms with E-state index in [0.717, 1.165) is 10.4 Å². The molecule has 11 heteroatoms. The van der Waals surface area contributed by atoms with Crippen LogP contribution >= 0.6 is 12.4 Å². The van der Waals surface area contributed by atoms with Crippen LogP contribution in [0.3, 0.4) is 0 Å². The van der Waals surface area contributed by atoms with Crippen LogP contribution in [0.2, 0.25) is 0 Å². The smallest absolute Gasteiger partial charge is 0.313 e. The summed E-state index contributed by atoms with van der Waals surface area (Å²) in [6.07, 6.45) is -1.94. The fraction of sp³-hybridized carbons (Fsp3) is 0.312. The van der Waals surface area contributed by atoms with Crippen molar-refractivity contribution in [2.24, 2.45) is 0 Å². The molecule has 1 aromatic heterocycles. The van der Waals surface area contributed by atoms with E-state index in [1.165, 1.54) is 12.4 Å². The highest BCUT2D eigenvalue weighted by atomic mass is 35.5. The maximum absolute atomic E-state index is 13.5. The second-order valence-electron chi connectivity index (χ2n) is 5.76. The minimum Gasteiger partial charge on any atom is -0.313 e. The number of hydrogen-bond acceptors (Lipinski definition) is 4. The predicted octanol–water partition coefficient (Wildman–Crippen LogP) is 3.00. The van der Waals surface area contributed by atoms with Gasteiger partial charge < -0.3 is 5.32 Å². The molecule has 1 fully saturated rings. The zero-order valence-electron chi connectivity index (χ0n) is 13.8. The third kappa shape index (κ3) is 4.40. The molecule has 2 aromatic rings. The summed E-state index contributed by atoms with van der Waals surface area (Å²) in [6.45, 7) is 0.710. The Kier molecular flexibility index (Phi) is 6.46. The minimum atomic E-state index is -4.98. The number of halogens is 5. The lowest BCUT2D eigenvalue weighted by atomic mass is 10.1. The molecule has 1 atom stereocenters. The molecule has 1 aliphatic heterocycles. The van der Waals surface area contributed by atoms with Crippen LogP contribution in [0.4, 0.5) is 17.6 Å². The van der Waals surface area contributed by atoms with Gasteiger partial charge in [-0.25, -0.2) is 12.8 Å². The Morgan fingerprint density at radius 1 is 1.22 bits per heavy atom. The summed E-state index contributed by atoms with van der Waals surface area (Å²) in [5.74, 6) is -1.51. The van der Waals surface area contributed by atoms with Crippen LogP contribution in [0.25, 0.3) is 0 Å². The zero-order valence-corrected chi connectivity index (χ0v) is 15.4. The van der Waals surface area contributed by atoms with E-state index in [4.69, 9.17) is 0 Å². The van der Waals surface area contributed by atoms with Gasteiger partial charge in [-0.1, -0.05) is 6.07 Å². The fourth-order valence-corrected chi connectivity index (χ4v) is 4.49. The minimum absolute atomic E-state index is 0. The van der Waals surface area contributed by atoms with E-state index in [1.807, 2.05) is 0 Å². The molecule has 5 nitrogen and oxygen atoms in total. The normalized spacial score (nSPS) is 18.7. The van der Waals surface area contributed by atoms with Gasteiger partial charge in [-0.15, -0.1) is 12.4 Å². The SMILES string of the molecule is Cl.O=S(=O)(c1ccc(F)c(C(F)(F)F)c1)N1CCNCC1c1cccnc1. The van der Waals surface area contributed by atoms with E-state index in [2.05, 4.69) is 10.3 Å². The Hall–Kier alpha value is -1.75. The quantitative estimate of drug-likeness (QED) is 0.768. The Labute approximate surface area is 159 Å². The van der Waals surface area contributed by atoms with E-state index in [1.54, 1.807) is 12.1 Å². The van der Waals surface area contributed by atoms with Gasteiger partial charge in [-0.2, -0.15) is 17.5 Å². The Balaban J connectivity index is 0.00000261. The number of piperazine rings is 1. The van der Waals surface area contributed by atoms with E-state index >= 15 is 0 Å². The topological polar surface area (TPSA) is 62.3 Å². The Bertz CT molecular complexity index is 894. The lowest BCUT2D eigenvalue weighted by Crippen LogP contribution is -2.48. The molecular formula is C16H16ClF4N3O2S. The standard InChI is InChI=1S/C16H15F4N3O2S.ClH/c17-14-4-3-12(8-13(14)16(18,19)20)26(24,25)23-7-6-22-10-15(23)11-2-1-5-21-9-11;/h1-5,8-9,15,22H,6-7,10H2;1H. The van der Waals surface area contributed by atoms with Crippen LogP contribution in [0.15, 0.2) is 47.6 Å². The predicted molar refractivity (Wildman–Crippen MR) is 92.4 cm³/mol. The molecule has 0 spiro atoms. The first kappa shape index (κ1) is 21.5. The molecule has 3 rings (SSSR count). The molecule has 148 valence electrons. The highest BCUT2D eigenvalue weighted by Gasteiger charge is 2.38. The molecule has 27 heavy (non-hydrogen) atoms. The first-order valence-corrected chi connectivity index (χ1v) is 9.14. The van der Waals surface area contributed by atoms with Gasteiger partial charge in [0.2, 0.25) is 10.0 Å². The Morgan fingerprint density at radius 3 is 2.59 bits per heavy atom. The molecule has 1 aliphatic rings. The van der Waals surface area contributed by atoms with Gasteiger partial charge in [-0.05, 0) is 29.8 Å². The second-order valence-corrected chi connectivity index (χ2v) is 7.65. The summed E-state index contributed by atoms with van der Waals surface area (Å²) in [5.41, 5.74) is -0.993. The second kappa shape index (κ2) is 8.09. The summed E-state index contributed by atoms with van der Waals surface area (Å²) in [6, 6.07) is 4.43. The van der Waals surface area contributed by atoms with Crippen molar-refractivity contribution in [1.29, 1.82) is 0 Å². The van der Waals surface area contributed by atoms with E-state index in [-0.39, 0.29) is 25.5 Å². The maximum atomic E-state index is 13.5. The van der Waals surface area contributed by atoms with Gasteiger partial charge in [0, 0.05) is 32.0 Å². The number of hydrogen-bond donors (Lipinski definition) is 1. The van der Waals surface area contributed by atoms with Crippen LogP contribution in [0.1, 0.15) is 17.2 Å². The summed E-state index contributed by atoms with van der Waals surface area (Å²) >= 11 is 0. The van der Waals surface area contributed by atoms with Crippen molar-refractivity contribution in [2.75, 3.05) is 19.6 Å². The van der Waals surface area contributed by atoms with Crippen molar-refractivity contribution in [3.8, 4) is 0 Å². The van der Waals surface area contributed by atoms with Gasteiger partial charge in [0.15, 0.2) is 0 Å².